The van der Waals surface area contributed by atoms with E-state index in [1.165, 1.54) is 10.9 Å². The Balaban J connectivity index is 2.34. The Labute approximate surface area is 106 Å². The summed E-state index contributed by atoms with van der Waals surface area (Å²) >= 11 is 6.30. The molecule has 0 aliphatic heterocycles. The fraction of sp³-hybridized carbons (Fsp3) is 0.333. The zero-order valence-electron chi connectivity index (χ0n) is 9.62. The van der Waals surface area contributed by atoms with Gasteiger partial charge in [0, 0.05) is 10.4 Å². The predicted molar refractivity (Wildman–Crippen MR) is 71.5 cm³/mol. The van der Waals surface area contributed by atoms with Gasteiger partial charge in [0.25, 0.3) is 0 Å². The lowest BCUT2D eigenvalue weighted by Gasteiger charge is -2.15. The van der Waals surface area contributed by atoms with Crippen LogP contribution in [0, 0.1) is 0 Å². The fourth-order valence-corrected chi connectivity index (χ4v) is 3.07. The quantitative estimate of drug-likeness (QED) is 0.689. The maximum Gasteiger partial charge on any atom is 0.0793 e. The number of aryl methyl sites for hydroxylation is 1. The number of fused-ring (bicyclic) bond motifs is 3. The normalized spacial score (nSPS) is 20.0. The molecule has 2 heteroatoms. The molecule has 1 aliphatic carbocycles. The zero-order chi connectivity index (χ0) is 11.8. The Morgan fingerprint density at radius 2 is 1.88 bits per heavy atom. The van der Waals surface area contributed by atoms with Crippen molar-refractivity contribution in [2.75, 3.05) is 0 Å². The third-order valence-corrected chi connectivity index (χ3v) is 3.97. The first-order valence-corrected chi connectivity index (χ1v) is 6.53. The SMILES string of the molecule is OC1CCCCc2c1cc(Cl)c1ccccc21. The molecule has 1 unspecified atom stereocenters. The molecule has 1 nitrogen and oxygen atoms in total. The number of benzene rings is 2. The van der Waals surface area contributed by atoms with Gasteiger partial charge in [-0.15, -0.1) is 0 Å². The molecule has 2 aromatic carbocycles. The van der Waals surface area contributed by atoms with E-state index in [0.29, 0.717) is 0 Å². The first-order chi connectivity index (χ1) is 8.27. The van der Waals surface area contributed by atoms with Crippen LogP contribution in [-0.4, -0.2) is 5.11 Å². The van der Waals surface area contributed by atoms with Gasteiger partial charge < -0.3 is 5.11 Å². The van der Waals surface area contributed by atoms with Gasteiger partial charge in [-0.2, -0.15) is 0 Å². The maximum absolute atomic E-state index is 10.2. The number of hydrogen-bond acceptors (Lipinski definition) is 1. The summed E-state index contributed by atoms with van der Waals surface area (Å²) in [4.78, 5) is 0. The Bertz CT molecular complexity index is 562. The summed E-state index contributed by atoms with van der Waals surface area (Å²) in [6.07, 6.45) is 3.78. The molecule has 3 rings (SSSR count). The van der Waals surface area contributed by atoms with Crippen molar-refractivity contribution in [3.05, 3.63) is 46.5 Å². The molecule has 0 amide bonds. The van der Waals surface area contributed by atoms with Crippen molar-refractivity contribution < 1.29 is 5.11 Å². The lowest BCUT2D eigenvalue weighted by molar-refractivity contribution is 0.167. The second kappa shape index (κ2) is 4.32. The number of hydrogen-bond donors (Lipinski definition) is 1. The van der Waals surface area contributed by atoms with Crippen LogP contribution in [0.25, 0.3) is 10.8 Å². The van der Waals surface area contributed by atoms with Gasteiger partial charge in [0.1, 0.15) is 0 Å². The fourth-order valence-electron chi connectivity index (χ4n) is 2.78. The molecule has 1 aliphatic rings. The lowest BCUT2D eigenvalue weighted by Crippen LogP contribution is -1.99. The van der Waals surface area contributed by atoms with E-state index in [0.717, 1.165) is 41.7 Å². The van der Waals surface area contributed by atoms with Crippen LogP contribution in [0.15, 0.2) is 30.3 Å². The molecule has 0 bridgehead atoms. The molecular weight excluding hydrogens is 232 g/mol. The average molecular weight is 247 g/mol. The summed E-state index contributed by atoms with van der Waals surface area (Å²) < 4.78 is 0. The highest BCUT2D eigenvalue weighted by Gasteiger charge is 2.19. The van der Waals surface area contributed by atoms with Gasteiger partial charge in [-0.25, -0.2) is 0 Å². The van der Waals surface area contributed by atoms with E-state index in [2.05, 4.69) is 12.1 Å². The second-order valence-electron chi connectivity index (χ2n) is 4.73. The Morgan fingerprint density at radius 1 is 1.12 bits per heavy atom. The van der Waals surface area contributed by atoms with Gasteiger partial charge in [-0.3, -0.25) is 0 Å². The van der Waals surface area contributed by atoms with E-state index in [9.17, 15) is 5.11 Å². The molecule has 88 valence electrons. The van der Waals surface area contributed by atoms with Crippen LogP contribution in [0.5, 0.6) is 0 Å². The lowest BCUT2D eigenvalue weighted by atomic mass is 9.94. The van der Waals surface area contributed by atoms with Crippen LogP contribution in [0.2, 0.25) is 5.02 Å². The highest BCUT2D eigenvalue weighted by molar-refractivity contribution is 6.35. The minimum Gasteiger partial charge on any atom is -0.388 e. The maximum atomic E-state index is 10.2. The smallest absolute Gasteiger partial charge is 0.0793 e. The Hall–Kier alpha value is -1.05. The second-order valence-corrected chi connectivity index (χ2v) is 5.14. The van der Waals surface area contributed by atoms with Crippen LogP contribution in [0.4, 0.5) is 0 Å². The van der Waals surface area contributed by atoms with Crippen molar-refractivity contribution in [3.8, 4) is 0 Å². The van der Waals surface area contributed by atoms with Gasteiger partial charge in [0.2, 0.25) is 0 Å². The van der Waals surface area contributed by atoms with Crippen LogP contribution >= 0.6 is 11.6 Å². The van der Waals surface area contributed by atoms with Crippen LogP contribution in [0.1, 0.15) is 36.5 Å². The number of rotatable bonds is 0. The van der Waals surface area contributed by atoms with Crippen LogP contribution < -0.4 is 0 Å². The molecule has 0 fully saturated rings. The number of aliphatic hydroxyl groups excluding tert-OH is 1. The largest absolute Gasteiger partial charge is 0.388 e. The summed E-state index contributed by atoms with van der Waals surface area (Å²) in [6.45, 7) is 0. The van der Waals surface area contributed by atoms with Gasteiger partial charge in [-0.1, -0.05) is 42.3 Å². The van der Waals surface area contributed by atoms with Gasteiger partial charge in [-0.05, 0) is 41.8 Å². The van der Waals surface area contributed by atoms with Crippen molar-refractivity contribution in [2.45, 2.75) is 31.8 Å². The van der Waals surface area contributed by atoms with Crippen molar-refractivity contribution in [1.29, 1.82) is 0 Å². The monoisotopic (exact) mass is 246 g/mol. The Morgan fingerprint density at radius 3 is 2.71 bits per heavy atom. The molecule has 0 saturated carbocycles. The van der Waals surface area contributed by atoms with Crippen molar-refractivity contribution >= 4 is 22.4 Å². The van der Waals surface area contributed by atoms with E-state index in [-0.39, 0.29) is 6.10 Å². The third-order valence-electron chi connectivity index (χ3n) is 3.65. The van der Waals surface area contributed by atoms with Crippen LogP contribution in [0.3, 0.4) is 0 Å². The third kappa shape index (κ3) is 1.84. The molecule has 0 saturated heterocycles. The van der Waals surface area contributed by atoms with E-state index >= 15 is 0 Å². The van der Waals surface area contributed by atoms with Gasteiger partial charge in [0.15, 0.2) is 0 Å². The minimum absolute atomic E-state index is 0.352. The summed E-state index contributed by atoms with van der Waals surface area (Å²) in [5, 5.41) is 13.2. The molecule has 0 heterocycles. The summed E-state index contributed by atoms with van der Waals surface area (Å²) in [5.41, 5.74) is 2.32. The predicted octanol–water partition coefficient (Wildman–Crippen LogP) is 4.25. The van der Waals surface area contributed by atoms with Gasteiger partial charge in [0.05, 0.1) is 6.10 Å². The van der Waals surface area contributed by atoms with E-state index < -0.39 is 0 Å². The molecule has 0 spiro atoms. The molecule has 0 radical (unpaired) electrons. The minimum atomic E-state index is -0.352. The van der Waals surface area contributed by atoms with E-state index in [1.807, 2.05) is 18.2 Å². The summed E-state index contributed by atoms with van der Waals surface area (Å²) in [5.74, 6) is 0. The van der Waals surface area contributed by atoms with Crippen LogP contribution in [-0.2, 0) is 6.42 Å². The molecule has 1 N–H and O–H groups in total. The molecule has 2 aromatic rings. The number of aliphatic hydroxyl groups is 1. The Kier molecular flexibility index (Phi) is 2.81. The highest BCUT2D eigenvalue weighted by atomic mass is 35.5. The average Bonchev–Trinajstić information content (AvgIpc) is 2.53. The topological polar surface area (TPSA) is 20.2 Å². The molecular formula is C15H15ClO. The highest BCUT2D eigenvalue weighted by Crippen LogP contribution is 2.37. The summed E-state index contributed by atoms with van der Waals surface area (Å²) in [6, 6.07) is 10.2. The van der Waals surface area contributed by atoms with E-state index in [1.54, 1.807) is 0 Å². The summed E-state index contributed by atoms with van der Waals surface area (Å²) in [7, 11) is 0. The molecule has 17 heavy (non-hydrogen) atoms. The standard InChI is InChI=1S/C15H15ClO/c16-14-9-13-11(6-3-4-8-15(13)17)10-5-1-2-7-12(10)14/h1-2,5,7,9,15,17H,3-4,6,8H2. The van der Waals surface area contributed by atoms with E-state index in [4.69, 9.17) is 11.6 Å². The molecule has 0 aromatic heterocycles. The molecule has 1 atom stereocenters. The van der Waals surface area contributed by atoms with Crippen molar-refractivity contribution in [1.82, 2.24) is 0 Å². The number of halogens is 1. The van der Waals surface area contributed by atoms with Crippen molar-refractivity contribution in [3.63, 3.8) is 0 Å². The van der Waals surface area contributed by atoms with Crippen molar-refractivity contribution in [2.24, 2.45) is 0 Å². The first kappa shape index (κ1) is 11.1. The zero-order valence-corrected chi connectivity index (χ0v) is 10.4. The first-order valence-electron chi connectivity index (χ1n) is 6.15. The van der Waals surface area contributed by atoms with Gasteiger partial charge >= 0.3 is 0 Å².